The molecule has 2 rings (SSSR count). The first kappa shape index (κ1) is 15.3. The van der Waals surface area contributed by atoms with E-state index in [4.69, 9.17) is 0 Å². The summed E-state index contributed by atoms with van der Waals surface area (Å²) in [5.74, 6) is -0.575. The fraction of sp³-hybridized carbons (Fsp3) is 0.533. The van der Waals surface area contributed by atoms with Crippen molar-refractivity contribution in [2.45, 2.75) is 43.1 Å². The van der Waals surface area contributed by atoms with Crippen molar-refractivity contribution in [3.63, 3.8) is 0 Å². The lowest BCUT2D eigenvalue weighted by molar-refractivity contribution is -0.123. The molecule has 1 saturated carbocycles. The Balaban J connectivity index is 1.82. The Bertz CT molecular complexity index is 469. The highest BCUT2D eigenvalue weighted by atomic mass is 32.2. The Morgan fingerprint density at radius 3 is 3.00 bits per heavy atom. The summed E-state index contributed by atoms with van der Waals surface area (Å²) in [6, 6.07) is 5.94. The zero-order valence-corrected chi connectivity index (χ0v) is 12.3. The Morgan fingerprint density at radius 2 is 2.35 bits per heavy atom. The number of aliphatic hydroxyl groups excluding tert-OH is 1. The van der Waals surface area contributed by atoms with Crippen molar-refractivity contribution in [1.29, 1.82) is 0 Å². The summed E-state index contributed by atoms with van der Waals surface area (Å²) >= 11 is 1.83. The fourth-order valence-corrected chi connectivity index (χ4v) is 3.38. The van der Waals surface area contributed by atoms with Gasteiger partial charge in [0.1, 0.15) is 5.82 Å². The van der Waals surface area contributed by atoms with E-state index in [0.29, 0.717) is 10.8 Å². The third kappa shape index (κ3) is 4.21. The Kier molecular flexibility index (Phi) is 5.43. The van der Waals surface area contributed by atoms with Crippen LogP contribution < -0.4 is 5.32 Å². The fourth-order valence-electron chi connectivity index (χ4n) is 2.58. The summed E-state index contributed by atoms with van der Waals surface area (Å²) in [6.07, 6.45) is 4.21. The number of benzene rings is 1. The van der Waals surface area contributed by atoms with E-state index in [1.54, 1.807) is 6.07 Å². The molecule has 0 spiro atoms. The standard InChI is InChI=1S/C15H20FNO2S/c1-20-13-6-5-12(8-13)17-15(19)9-14(18)10-3-2-4-11(16)7-10/h2-4,7,12-14,18H,5-6,8-9H2,1H3,(H,17,19). The first-order valence-electron chi connectivity index (χ1n) is 6.84. The van der Waals surface area contributed by atoms with Gasteiger partial charge in [-0.05, 0) is 43.2 Å². The van der Waals surface area contributed by atoms with E-state index >= 15 is 0 Å². The lowest BCUT2D eigenvalue weighted by atomic mass is 10.1. The maximum Gasteiger partial charge on any atom is 0.223 e. The van der Waals surface area contributed by atoms with Crippen molar-refractivity contribution in [2.24, 2.45) is 0 Å². The molecular formula is C15H20FNO2S. The van der Waals surface area contributed by atoms with Crippen molar-refractivity contribution in [1.82, 2.24) is 5.32 Å². The second-order valence-electron chi connectivity index (χ2n) is 5.21. The van der Waals surface area contributed by atoms with Crippen LogP contribution in [0.3, 0.4) is 0 Å². The summed E-state index contributed by atoms with van der Waals surface area (Å²) < 4.78 is 13.1. The van der Waals surface area contributed by atoms with Gasteiger partial charge in [0, 0.05) is 11.3 Å². The molecule has 0 bridgehead atoms. The van der Waals surface area contributed by atoms with Crippen LogP contribution in [0.25, 0.3) is 0 Å². The number of aliphatic hydroxyl groups is 1. The zero-order valence-electron chi connectivity index (χ0n) is 11.5. The van der Waals surface area contributed by atoms with Crippen LogP contribution in [0.2, 0.25) is 0 Å². The van der Waals surface area contributed by atoms with E-state index in [2.05, 4.69) is 11.6 Å². The quantitative estimate of drug-likeness (QED) is 0.878. The van der Waals surface area contributed by atoms with Gasteiger partial charge < -0.3 is 10.4 Å². The molecule has 1 amide bonds. The molecule has 0 aromatic heterocycles. The summed E-state index contributed by atoms with van der Waals surface area (Å²) in [5.41, 5.74) is 0.438. The number of thioether (sulfide) groups is 1. The highest BCUT2D eigenvalue weighted by Gasteiger charge is 2.25. The summed E-state index contributed by atoms with van der Waals surface area (Å²) in [4.78, 5) is 11.9. The number of halogens is 1. The number of carbonyl (C=O) groups excluding carboxylic acids is 1. The van der Waals surface area contributed by atoms with Crippen LogP contribution in [0, 0.1) is 5.82 Å². The van der Waals surface area contributed by atoms with E-state index < -0.39 is 11.9 Å². The molecule has 0 radical (unpaired) electrons. The van der Waals surface area contributed by atoms with Crippen molar-refractivity contribution < 1.29 is 14.3 Å². The largest absolute Gasteiger partial charge is 0.388 e. The molecular weight excluding hydrogens is 277 g/mol. The minimum Gasteiger partial charge on any atom is -0.388 e. The lowest BCUT2D eigenvalue weighted by Crippen LogP contribution is -2.34. The van der Waals surface area contributed by atoms with Gasteiger partial charge in [-0.25, -0.2) is 4.39 Å². The Morgan fingerprint density at radius 1 is 1.55 bits per heavy atom. The normalized spacial score (nSPS) is 23.6. The maximum absolute atomic E-state index is 13.1. The SMILES string of the molecule is CSC1CCC(NC(=O)CC(O)c2cccc(F)c2)C1. The summed E-state index contributed by atoms with van der Waals surface area (Å²) in [7, 11) is 0. The van der Waals surface area contributed by atoms with Crippen LogP contribution in [0.15, 0.2) is 24.3 Å². The predicted octanol–water partition coefficient (Wildman–Crippen LogP) is 2.65. The molecule has 0 saturated heterocycles. The van der Waals surface area contributed by atoms with Gasteiger partial charge >= 0.3 is 0 Å². The highest BCUT2D eigenvalue weighted by molar-refractivity contribution is 7.99. The third-order valence-corrected chi connectivity index (χ3v) is 4.79. The monoisotopic (exact) mass is 297 g/mol. The number of hydrogen-bond donors (Lipinski definition) is 2. The Labute approximate surface area is 123 Å². The van der Waals surface area contributed by atoms with Gasteiger partial charge in [0.25, 0.3) is 0 Å². The second-order valence-corrected chi connectivity index (χ2v) is 6.35. The zero-order chi connectivity index (χ0) is 14.5. The third-order valence-electron chi connectivity index (χ3n) is 3.70. The van der Waals surface area contributed by atoms with Gasteiger partial charge in [0.2, 0.25) is 5.91 Å². The van der Waals surface area contributed by atoms with Crippen LogP contribution >= 0.6 is 11.8 Å². The van der Waals surface area contributed by atoms with Crippen LogP contribution in [0.1, 0.15) is 37.4 Å². The van der Waals surface area contributed by atoms with Crippen LogP contribution in [-0.4, -0.2) is 28.6 Å². The molecule has 5 heteroatoms. The van der Waals surface area contributed by atoms with Gasteiger partial charge in [-0.2, -0.15) is 11.8 Å². The first-order valence-corrected chi connectivity index (χ1v) is 8.13. The highest BCUT2D eigenvalue weighted by Crippen LogP contribution is 2.28. The molecule has 3 atom stereocenters. The predicted molar refractivity (Wildman–Crippen MR) is 79.1 cm³/mol. The number of rotatable bonds is 5. The number of hydrogen-bond acceptors (Lipinski definition) is 3. The minimum atomic E-state index is -0.955. The molecule has 110 valence electrons. The van der Waals surface area contributed by atoms with Crippen LogP contribution in [-0.2, 0) is 4.79 Å². The minimum absolute atomic E-state index is 0.0239. The molecule has 1 aliphatic carbocycles. The molecule has 2 N–H and O–H groups in total. The molecule has 3 nitrogen and oxygen atoms in total. The Hall–Kier alpha value is -1.07. The average molecular weight is 297 g/mol. The van der Waals surface area contributed by atoms with E-state index in [0.717, 1.165) is 19.3 Å². The maximum atomic E-state index is 13.1. The number of amides is 1. The van der Waals surface area contributed by atoms with Gasteiger partial charge in [0.05, 0.1) is 12.5 Å². The first-order chi connectivity index (χ1) is 9.58. The van der Waals surface area contributed by atoms with Crippen molar-refractivity contribution in [2.75, 3.05) is 6.26 Å². The van der Waals surface area contributed by atoms with E-state index in [9.17, 15) is 14.3 Å². The molecule has 0 aliphatic heterocycles. The molecule has 1 aliphatic rings. The topological polar surface area (TPSA) is 49.3 Å². The van der Waals surface area contributed by atoms with Crippen molar-refractivity contribution in [3.05, 3.63) is 35.6 Å². The van der Waals surface area contributed by atoms with Gasteiger partial charge in [-0.15, -0.1) is 0 Å². The molecule has 1 aromatic carbocycles. The molecule has 1 aromatic rings. The van der Waals surface area contributed by atoms with Gasteiger partial charge in [0.15, 0.2) is 0 Å². The molecule has 20 heavy (non-hydrogen) atoms. The van der Waals surface area contributed by atoms with E-state index in [-0.39, 0.29) is 18.4 Å². The number of carbonyl (C=O) groups is 1. The van der Waals surface area contributed by atoms with Crippen molar-refractivity contribution >= 4 is 17.7 Å². The van der Waals surface area contributed by atoms with E-state index in [1.165, 1.54) is 18.2 Å². The summed E-state index contributed by atoms with van der Waals surface area (Å²) in [5, 5.41) is 13.5. The molecule has 0 heterocycles. The van der Waals surface area contributed by atoms with E-state index in [1.807, 2.05) is 11.8 Å². The summed E-state index contributed by atoms with van der Waals surface area (Å²) in [6.45, 7) is 0. The number of nitrogens with one attached hydrogen (secondary N) is 1. The van der Waals surface area contributed by atoms with Crippen LogP contribution in [0.5, 0.6) is 0 Å². The van der Waals surface area contributed by atoms with Gasteiger partial charge in [-0.1, -0.05) is 12.1 Å². The molecule has 3 unspecified atom stereocenters. The lowest BCUT2D eigenvalue weighted by Gasteiger charge is -2.15. The molecule has 1 fully saturated rings. The average Bonchev–Trinajstić information content (AvgIpc) is 2.86. The van der Waals surface area contributed by atoms with Crippen molar-refractivity contribution in [3.8, 4) is 0 Å². The van der Waals surface area contributed by atoms with Crippen LogP contribution in [0.4, 0.5) is 4.39 Å². The van der Waals surface area contributed by atoms with Gasteiger partial charge in [-0.3, -0.25) is 4.79 Å². The second kappa shape index (κ2) is 7.09. The smallest absolute Gasteiger partial charge is 0.223 e.